The van der Waals surface area contributed by atoms with Crippen LogP contribution in [0.4, 0.5) is 23.2 Å². The zero-order chi connectivity index (χ0) is 22.8. The number of pyridine rings is 2. The average Bonchev–Trinajstić information content (AvgIpc) is 2.69. The lowest BCUT2D eigenvalue weighted by Crippen LogP contribution is -2.16. The van der Waals surface area contributed by atoms with Crippen LogP contribution in [0.3, 0.4) is 0 Å². The van der Waals surface area contributed by atoms with E-state index in [0.717, 1.165) is 12.3 Å². The summed E-state index contributed by atoms with van der Waals surface area (Å²) in [4.78, 5) is 19.7. The molecule has 0 saturated heterocycles. The van der Waals surface area contributed by atoms with Crippen LogP contribution in [-0.2, 0) is 6.18 Å². The molecule has 1 amide bonds. The van der Waals surface area contributed by atoms with E-state index in [1.807, 2.05) is 0 Å². The number of hydrogen-bond donors (Lipinski definition) is 1. The highest BCUT2D eigenvalue weighted by Gasteiger charge is 2.33. The van der Waals surface area contributed by atoms with Gasteiger partial charge >= 0.3 is 6.18 Å². The van der Waals surface area contributed by atoms with Crippen molar-refractivity contribution in [1.82, 2.24) is 9.97 Å². The molecule has 0 fully saturated rings. The maximum absolute atomic E-state index is 14.5. The molecule has 0 aliphatic rings. The van der Waals surface area contributed by atoms with Crippen LogP contribution in [0.2, 0.25) is 5.15 Å². The van der Waals surface area contributed by atoms with Gasteiger partial charge in [-0.25, -0.2) is 9.37 Å². The van der Waals surface area contributed by atoms with Crippen LogP contribution < -0.4 is 10.1 Å². The molecule has 3 rings (SSSR count). The zero-order valence-corrected chi connectivity index (χ0v) is 17.1. The minimum Gasteiger partial charge on any atom is -0.478 e. The zero-order valence-electron chi connectivity index (χ0n) is 16.3. The fourth-order valence-electron chi connectivity index (χ4n) is 2.85. The Labute approximate surface area is 180 Å². The quantitative estimate of drug-likeness (QED) is 0.385. The Morgan fingerprint density at radius 1 is 1.19 bits per heavy atom. The second-order valence-electron chi connectivity index (χ2n) is 6.48. The maximum Gasteiger partial charge on any atom is 0.433 e. The third-order valence-electron chi connectivity index (χ3n) is 4.25. The van der Waals surface area contributed by atoms with Gasteiger partial charge < -0.3 is 10.1 Å². The lowest BCUT2D eigenvalue weighted by Gasteiger charge is -2.13. The molecule has 0 unspecified atom stereocenters. The Morgan fingerprint density at radius 2 is 1.94 bits per heavy atom. The Morgan fingerprint density at radius 3 is 2.61 bits per heavy atom. The standard InChI is InChI=1S/C21H16ClF4N3O2/c1-3-31-19-9-13(8-18(22)29-19)14-10-16(15(23)6-11(14)2)28-20(30)12-4-5-27-17(7-12)21(24,25)26/h4-10H,3H2,1-2H3,(H,28,30). The van der Waals surface area contributed by atoms with Crippen LogP contribution in [0.25, 0.3) is 11.1 Å². The van der Waals surface area contributed by atoms with Crippen LogP contribution in [0, 0.1) is 12.7 Å². The lowest BCUT2D eigenvalue weighted by molar-refractivity contribution is -0.141. The number of amides is 1. The molecule has 0 bridgehead atoms. The summed E-state index contributed by atoms with van der Waals surface area (Å²) in [5.41, 5.74) is -0.0905. The number of benzene rings is 1. The molecule has 2 heterocycles. The molecule has 5 nitrogen and oxygen atoms in total. The van der Waals surface area contributed by atoms with E-state index in [1.165, 1.54) is 12.1 Å². The van der Waals surface area contributed by atoms with Crippen molar-refractivity contribution in [2.75, 3.05) is 11.9 Å². The number of carbonyl (C=O) groups is 1. The number of alkyl halides is 3. The second kappa shape index (κ2) is 8.89. The first kappa shape index (κ1) is 22.5. The summed E-state index contributed by atoms with van der Waals surface area (Å²) in [6.07, 6.45) is -3.85. The molecule has 1 aromatic carbocycles. The van der Waals surface area contributed by atoms with E-state index in [2.05, 4.69) is 15.3 Å². The van der Waals surface area contributed by atoms with Gasteiger partial charge in [-0.3, -0.25) is 9.78 Å². The molecular formula is C21H16ClF4N3O2. The SMILES string of the molecule is CCOc1cc(-c2cc(NC(=O)c3ccnc(C(F)(F)F)c3)c(F)cc2C)cc(Cl)n1. The first-order valence-electron chi connectivity index (χ1n) is 9.04. The predicted molar refractivity (Wildman–Crippen MR) is 108 cm³/mol. The third kappa shape index (κ3) is 5.29. The van der Waals surface area contributed by atoms with E-state index in [-0.39, 0.29) is 22.3 Å². The molecule has 0 radical (unpaired) electrons. The van der Waals surface area contributed by atoms with E-state index >= 15 is 0 Å². The number of anilines is 1. The summed E-state index contributed by atoms with van der Waals surface area (Å²) in [5.74, 6) is -1.38. The maximum atomic E-state index is 14.5. The van der Waals surface area contributed by atoms with E-state index in [0.29, 0.717) is 29.4 Å². The van der Waals surface area contributed by atoms with Gasteiger partial charge in [0.2, 0.25) is 5.88 Å². The van der Waals surface area contributed by atoms with Crippen molar-refractivity contribution in [2.24, 2.45) is 0 Å². The number of hydrogen-bond acceptors (Lipinski definition) is 4. The highest BCUT2D eigenvalue weighted by molar-refractivity contribution is 6.29. The van der Waals surface area contributed by atoms with Gasteiger partial charge in [0.1, 0.15) is 16.7 Å². The number of halogens is 5. The molecule has 2 aromatic heterocycles. The third-order valence-corrected chi connectivity index (χ3v) is 4.44. The van der Waals surface area contributed by atoms with Crippen molar-refractivity contribution in [3.63, 3.8) is 0 Å². The predicted octanol–water partition coefficient (Wildman–Crippen LogP) is 5.91. The summed E-state index contributed by atoms with van der Waals surface area (Å²) in [7, 11) is 0. The minimum absolute atomic E-state index is 0.159. The minimum atomic E-state index is -4.71. The molecule has 0 aliphatic heterocycles. The van der Waals surface area contributed by atoms with Crippen molar-refractivity contribution in [3.05, 3.63) is 70.4 Å². The molecule has 0 saturated carbocycles. The van der Waals surface area contributed by atoms with Gasteiger partial charge in [-0.05, 0) is 60.9 Å². The van der Waals surface area contributed by atoms with Crippen molar-refractivity contribution in [1.29, 1.82) is 0 Å². The molecule has 31 heavy (non-hydrogen) atoms. The van der Waals surface area contributed by atoms with Gasteiger partial charge in [0, 0.05) is 17.8 Å². The summed E-state index contributed by atoms with van der Waals surface area (Å²) >= 11 is 6.04. The Balaban J connectivity index is 1.96. The molecular weight excluding hydrogens is 438 g/mol. The Kier molecular flexibility index (Phi) is 6.45. The van der Waals surface area contributed by atoms with Crippen molar-refractivity contribution < 1.29 is 27.1 Å². The molecule has 3 aromatic rings. The summed E-state index contributed by atoms with van der Waals surface area (Å²) in [5, 5.41) is 2.47. The molecule has 0 spiro atoms. The van der Waals surface area contributed by atoms with Crippen molar-refractivity contribution in [2.45, 2.75) is 20.0 Å². The first-order chi connectivity index (χ1) is 14.6. The molecule has 162 valence electrons. The summed E-state index contributed by atoms with van der Waals surface area (Å²) in [6.45, 7) is 3.81. The van der Waals surface area contributed by atoms with Crippen molar-refractivity contribution >= 4 is 23.2 Å². The smallest absolute Gasteiger partial charge is 0.433 e. The topological polar surface area (TPSA) is 64.1 Å². The van der Waals surface area contributed by atoms with E-state index < -0.39 is 23.6 Å². The van der Waals surface area contributed by atoms with E-state index in [1.54, 1.807) is 26.0 Å². The summed E-state index contributed by atoms with van der Waals surface area (Å²) < 4.78 is 58.4. The number of nitrogens with one attached hydrogen (secondary N) is 1. The van der Waals surface area contributed by atoms with Crippen LogP contribution in [-0.4, -0.2) is 22.5 Å². The number of ether oxygens (including phenoxy) is 1. The van der Waals surface area contributed by atoms with Crippen molar-refractivity contribution in [3.8, 4) is 17.0 Å². The van der Waals surface area contributed by atoms with Gasteiger partial charge in [0.05, 0.1) is 12.3 Å². The summed E-state index contributed by atoms with van der Waals surface area (Å²) in [6, 6.07) is 7.44. The fourth-order valence-corrected chi connectivity index (χ4v) is 3.05. The fraction of sp³-hybridized carbons (Fsp3) is 0.190. The highest BCUT2D eigenvalue weighted by Crippen LogP contribution is 2.33. The van der Waals surface area contributed by atoms with E-state index in [4.69, 9.17) is 16.3 Å². The first-order valence-corrected chi connectivity index (χ1v) is 9.41. The van der Waals surface area contributed by atoms with Crippen LogP contribution in [0.15, 0.2) is 42.6 Å². The van der Waals surface area contributed by atoms with E-state index in [9.17, 15) is 22.4 Å². The lowest BCUT2D eigenvalue weighted by atomic mass is 10.00. The Bertz CT molecular complexity index is 1140. The number of aromatic nitrogens is 2. The molecule has 10 heteroatoms. The normalized spacial score (nSPS) is 11.3. The monoisotopic (exact) mass is 453 g/mol. The average molecular weight is 454 g/mol. The van der Waals surface area contributed by atoms with Crippen LogP contribution >= 0.6 is 11.6 Å². The van der Waals surface area contributed by atoms with Crippen LogP contribution in [0.1, 0.15) is 28.5 Å². The largest absolute Gasteiger partial charge is 0.478 e. The van der Waals surface area contributed by atoms with Gasteiger partial charge in [0.25, 0.3) is 5.91 Å². The molecule has 1 N–H and O–H groups in total. The Hall–Kier alpha value is -3.20. The van der Waals surface area contributed by atoms with Gasteiger partial charge in [-0.1, -0.05) is 11.6 Å². The molecule has 0 aliphatic carbocycles. The highest BCUT2D eigenvalue weighted by atomic mass is 35.5. The number of carbonyl (C=O) groups excluding carboxylic acids is 1. The second-order valence-corrected chi connectivity index (χ2v) is 6.87. The molecule has 0 atom stereocenters. The van der Waals surface area contributed by atoms with Crippen LogP contribution in [0.5, 0.6) is 5.88 Å². The van der Waals surface area contributed by atoms with Gasteiger partial charge in [-0.15, -0.1) is 0 Å². The van der Waals surface area contributed by atoms with Gasteiger partial charge in [0.15, 0.2) is 0 Å². The van der Waals surface area contributed by atoms with Gasteiger partial charge in [-0.2, -0.15) is 13.2 Å². The number of rotatable bonds is 5. The number of aryl methyl sites for hydroxylation is 1. The number of nitrogens with zero attached hydrogens (tertiary/aromatic N) is 2.